The summed E-state index contributed by atoms with van der Waals surface area (Å²) in [5, 5.41) is 0. The second-order valence-electron chi connectivity index (χ2n) is 6.63. The van der Waals surface area contributed by atoms with E-state index in [0.717, 1.165) is 30.5 Å². The SMILES string of the molecule is CC12CCC(=O)N1C(C(=O)N1CCCc3cc(F)ccc31)CS2. The predicted octanol–water partition coefficient (Wildman–Crippen LogP) is 2.56. The van der Waals surface area contributed by atoms with Crippen LogP contribution in [-0.2, 0) is 16.0 Å². The van der Waals surface area contributed by atoms with Crippen LogP contribution < -0.4 is 4.90 Å². The number of hydrogen-bond donors (Lipinski definition) is 0. The van der Waals surface area contributed by atoms with E-state index in [1.165, 1.54) is 12.1 Å². The van der Waals surface area contributed by atoms with Gasteiger partial charge in [-0.25, -0.2) is 4.39 Å². The molecule has 2 fully saturated rings. The summed E-state index contributed by atoms with van der Waals surface area (Å²) in [7, 11) is 0. The first-order chi connectivity index (χ1) is 11.0. The molecule has 2 saturated heterocycles. The molecule has 6 heteroatoms. The Kier molecular flexibility index (Phi) is 3.41. The molecule has 3 aliphatic rings. The molecular weight excluding hydrogens is 315 g/mol. The average molecular weight is 334 g/mol. The van der Waals surface area contributed by atoms with Gasteiger partial charge in [0.05, 0.1) is 4.87 Å². The maximum atomic E-state index is 13.4. The van der Waals surface area contributed by atoms with Gasteiger partial charge < -0.3 is 9.80 Å². The average Bonchev–Trinajstić information content (AvgIpc) is 3.02. The van der Waals surface area contributed by atoms with E-state index in [0.29, 0.717) is 18.7 Å². The van der Waals surface area contributed by atoms with E-state index in [2.05, 4.69) is 6.92 Å². The summed E-state index contributed by atoms with van der Waals surface area (Å²) in [6.07, 6.45) is 2.95. The number of anilines is 1. The summed E-state index contributed by atoms with van der Waals surface area (Å²) in [5.74, 6) is 0.432. The molecule has 0 bridgehead atoms. The van der Waals surface area contributed by atoms with Gasteiger partial charge in [0.25, 0.3) is 5.91 Å². The van der Waals surface area contributed by atoms with Crippen molar-refractivity contribution in [1.82, 2.24) is 4.90 Å². The first-order valence-corrected chi connectivity index (χ1v) is 9.04. The molecule has 0 spiro atoms. The predicted molar refractivity (Wildman–Crippen MR) is 87.8 cm³/mol. The van der Waals surface area contributed by atoms with Crippen molar-refractivity contribution >= 4 is 29.3 Å². The molecule has 3 heterocycles. The number of thioether (sulfide) groups is 1. The summed E-state index contributed by atoms with van der Waals surface area (Å²) in [4.78, 5) is 28.6. The molecular formula is C17H19FN2O2S. The standard InChI is InChI=1S/C17H19FN2O2S/c1-17-7-6-15(21)20(17)14(10-23-17)16(22)19-8-2-3-11-9-12(18)4-5-13(11)19/h4-5,9,14H,2-3,6-8,10H2,1H3. The van der Waals surface area contributed by atoms with Gasteiger partial charge in [-0.05, 0) is 49.9 Å². The van der Waals surface area contributed by atoms with Crippen LogP contribution in [0.4, 0.5) is 10.1 Å². The van der Waals surface area contributed by atoms with Crippen molar-refractivity contribution in [2.24, 2.45) is 0 Å². The molecule has 0 aromatic heterocycles. The summed E-state index contributed by atoms with van der Waals surface area (Å²) in [6, 6.07) is 4.22. The number of carbonyl (C=O) groups is 2. The number of amides is 2. The van der Waals surface area contributed by atoms with E-state index < -0.39 is 6.04 Å². The fraction of sp³-hybridized carbons (Fsp3) is 0.529. The molecule has 0 aliphatic carbocycles. The highest BCUT2D eigenvalue weighted by Crippen LogP contribution is 2.48. The number of hydrogen-bond acceptors (Lipinski definition) is 3. The zero-order chi connectivity index (χ0) is 16.2. The molecule has 23 heavy (non-hydrogen) atoms. The largest absolute Gasteiger partial charge is 0.315 e. The Bertz CT molecular complexity index is 695. The van der Waals surface area contributed by atoms with Crippen LogP contribution in [0.1, 0.15) is 31.7 Å². The van der Waals surface area contributed by atoms with Gasteiger partial charge in [-0.3, -0.25) is 9.59 Å². The third-order valence-electron chi connectivity index (χ3n) is 5.16. The van der Waals surface area contributed by atoms with Gasteiger partial charge in [0.1, 0.15) is 11.9 Å². The minimum atomic E-state index is -0.393. The van der Waals surface area contributed by atoms with Crippen molar-refractivity contribution < 1.29 is 14.0 Å². The molecule has 2 amide bonds. The maximum Gasteiger partial charge on any atom is 0.250 e. The van der Waals surface area contributed by atoms with Crippen LogP contribution in [0.2, 0.25) is 0 Å². The molecule has 122 valence electrons. The lowest BCUT2D eigenvalue weighted by molar-refractivity contribution is -0.136. The summed E-state index contributed by atoms with van der Waals surface area (Å²) < 4.78 is 13.4. The Hall–Kier alpha value is -1.56. The normalized spacial score (nSPS) is 29.7. The van der Waals surface area contributed by atoms with E-state index in [4.69, 9.17) is 0 Å². The lowest BCUT2D eigenvalue weighted by Gasteiger charge is -2.35. The topological polar surface area (TPSA) is 40.6 Å². The van der Waals surface area contributed by atoms with Gasteiger partial charge >= 0.3 is 0 Å². The van der Waals surface area contributed by atoms with E-state index >= 15 is 0 Å². The zero-order valence-corrected chi connectivity index (χ0v) is 13.9. The zero-order valence-electron chi connectivity index (χ0n) is 13.0. The Morgan fingerprint density at radius 1 is 1.39 bits per heavy atom. The first kappa shape index (κ1) is 15.0. The Labute approximate surface area is 139 Å². The van der Waals surface area contributed by atoms with Gasteiger partial charge in [0.2, 0.25) is 5.91 Å². The maximum absolute atomic E-state index is 13.4. The van der Waals surface area contributed by atoms with E-state index in [9.17, 15) is 14.0 Å². The second-order valence-corrected chi connectivity index (χ2v) is 8.13. The van der Waals surface area contributed by atoms with Crippen molar-refractivity contribution in [3.63, 3.8) is 0 Å². The fourth-order valence-electron chi connectivity index (χ4n) is 3.98. The highest BCUT2D eigenvalue weighted by molar-refractivity contribution is 8.01. The van der Waals surface area contributed by atoms with Crippen molar-refractivity contribution in [2.75, 3.05) is 17.2 Å². The molecule has 0 saturated carbocycles. The minimum absolute atomic E-state index is 0.0240. The number of rotatable bonds is 1. The molecule has 1 aromatic rings. The third-order valence-corrected chi connectivity index (χ3v) is 6.66. The van der Waals surface area contributed by atoms with Crippen LogP contribution in [0.5, 0.6) is 0 Å². The smallest absolute Gasteiger partial charge is 0.250 e. The van der Waals surface area contributed by atoms with Crippen LogP contribution in [0, 0.1) is 5.82 Å². The summed E-state index contributed by atoms with van der Waals surface area (Å²) >= 11 is 1.70. The van der Waals surface area contributed by atoms with Crippen LogP contribution in [0.3, 0.4) is 0 Å². The molecule has 0 radical (unpaired) electrons. The number of benzene rings is 1. The molecule has 2 unspecified atom stereocenters. The quantitative estimate of drug-likeness (QED) is 0.792. The molecule has 1 aromatic carbocycles. The highest BCUT2D eigenvalue weighted by Gasteiger charge is 2.53. The van der Waals surface area contributed by atoms with Gasteiger partial charge in [-0.2, -0.15) is 0 Å². The Morgan fingerprint density at radius 3 is 3.04 bits per heavy atom. The Balaban J connectivity index is 1.65. The van der Waals surface area contributed by atoms with Gasteiger partial charge in [-0.1, -0.05) is 0 Å². The van der Waals surface area contributed by atoms with E-state index in [1.807, 2.05) is 0 Å². The van der Waals surface area contributed by atoms with Gasteiger partial charge in [0.15, 0.2) is 0 Å². The fourth-order valence-corrected chi connectivity index (χ4v) is 5.40. The monoisotopic (exact) mass is 334 g/mol. The van der Waals surface area contributed by atoms with Crippen LogP contribution in [0.15, 0.2) is 18.2 Å². The minimum Gasteiger partial charge on any atom is -0.315 e. The van der Waals surface area contributed by atoms with E-state index in [1.54, 1.807) is 27.6 Å². The van der Waals surface area contributed by atoms with Crippen LogP contribution in [-0.4, -0.2) is 39.9 Å². The van der Waals surface area contributed by atoms with Crippen LogP contribution >= 0.6 is 11.8 Å². The number of fused-ring (bicyclic) bond motifs is 2. The first-order valence-electron chi connectivity index (χ1n) is 8.05. The van der Waals surface area contributed by atoms with Gasteiger partial charge in [-0.15, -0.1) is 11.8 Å². The summed E-state index contributed by atoms with van der Waals surface area (Å²) in [5.41, 5.74) is 1.68. The van der Waals surface area contributed by atoms with Crippen molar-refractivity contribution in [1.29, 1.82) is 0 Å². The van der Waals surface area contributed by atoms with Crippen molar-refractivity contribution in [2.45, 2.75) is 43.5 Å². The number of halogens is 1. The van der Waals surface area contributed by atoms with Gasteiger partial charge in [0, 0.05) is 24.4 Å². The molecule has 2 atom stereocenters. The lowest BCUT2D eigenvalue weighted by Crippen LogP contribution is -2.52. The summed E-state index contributed by atoms with van der Waals surface area (Å²) in [6.45, 7) is 2.69. The van der Waals surface area contributed by atoms with Crippen molar-refractivity contribution in [3.05, 3.63) is 29.6 Å². The number of carbonyl (C=O) groups excluding carboxylic acids is 2. The highest BCUT2D eigenvalue weighted by atomic mass is 32.2. The van der Waals surface area contributed by atoms with E-state index in [-0.39, 0.29) is 22.5 Å². The number of aryl methyl sites for hydroxylation is 1. The second kappa shape index (κ2) is 5.23. The molecule has 4 rings (SSSR count). The molecule has 4 nitrogen and oxygen atoms in total. The number of nitrogens with zero attached hydrogens (tertiary/aromatic N) is 2. The van der Waals surface area contributed by atoms with Crippen molar-refractivity contribution in [3.8, 4) is 0 Å². The Morgan fingerprint density at radius 2 is 2.22 bits per heavy atom. The molecule has 0 N–H and O–H groups in total. The lowest BCUT2D eigenvalue weighted by atomic mass is 10.0. The molecule has 3 aliphatic heterocycles. The third kappa shape index (κ3) is 2.26. The van der Waals surface area contributed by atoms with Crippen LogP contribution in [0.25, 0.3) is 0 Å².